The van der Waals surface area contributed by atoms with Crippen LogP contribution in [0.4, 0.5) is 8.78 Å². The van der Waals surface area contributed by atoms with Crippen molar-refractivity contribution >= 4 is 0 Å². The zero-order valence-corrected chi connectivity index (χ0v) is 21.0. The minimum Gasteiger partial charge on any atom is -0.486 e. The molecule has 0 aliphatic carbocycles. The molecule has 0 amide bonds. The van der Waals surface area contributed by atoms with Crippen molar-refractivity contribution in [1.29, 1.82) is 0 Å². The molecule has 0 radical (unpaired) electrons. The van der Waals surface area contributed by atoms with Crippen LogP contribution in [-0.4, -0.2) is 21.6 Å². The number of unbranched alkanes of at least 4 members (excludes halogenated alkanes) is 5. The summed E-state index contributed by atoms with van der Waals surface area (Å²) >= 11 is 0. The van der Waals surface area contributed by atoms with Gasteiger partial charge in [-0.05, 0) is 30.2 Å². The fraction of sp³-hybridized carbons (Fsp3) is 0.300. The molecule has 2 heterocycles. The van der Waals surface area contributed by atoms with E-state index in [0.29, 0.717) is 18.1 Å². The molecule has 0 N–H and O–H groups in total. The molecule has 37 heavy (non-hydrogen) atoms. The van der Waals surface area contributed by atoms with E-state index in [0.717, 1.165) is 24.0 Å². The molecule has 2 aromatic heterocycles. The fourth-order valence-corrected chi connectivity index (χ4v) is 3.86. The number of halogens is 2. The average Bonchev–Trinajstić information content (AvgIpc) is 2.94. The Hall–Kier alpha value is -3.87. The molecule has 0 saturated carbocycles. The summed E-state index contributed by atoms with van der Waals surface area (Å²) in [5.41, 5.74) is 2.34. The number of benzene rings is 2. The third-order valence-electron chi connectivity index (χ3n) is 5.99. The van der Waals surface area contributed by atoms with Gasteiger partial charge in [-0.25, -0.2) is 19.3 Å². The van der Waals surface area contributed by atoms with Gasteiger partial charge in [-0.15, -0.1) is 0 Å². The monoisotopic (exact) mass is 503 g/mol. The molecule has 2 aromatic carbocycles. The third kappa shape index (κ3) is 7.32. The second-order valence-electron chi connectivity index (χ2n) is 8.81. The van der Waals surface area contributed by atoms with Crippen molar-refractivity contribution in [2.75, 3.05) is 6.61 Å². The molecule has 0 unspecified atom stereocenters. The van der Waals surface area contributed by atoms with Crippen molar-refractivity contribution in [3.63, 3.8) is 0 Å². The van der Waals surface area contributed by atoms with Gasteiger partial charge in [0, 0.05) is 35.8 Å². The van der Waals surface area contributed by atoms with Crippen LogP contribution in [0.3, 0.4) is 0 Å². The molecular formula is C30H31F2N3O2. The van der Waals surface area contributed by atoms with Gasteiger partial charge in [0.05, 0.1) is 12.2 Å². The predicted octanol–water partition coefficient (Wildman–Crippen LogP) is 7.80. The number of ether oxygens (including phenoxy) is 2. The zero-order chi connectivity index (χ0) is 25.9. The lowest BCUT2D eigenvalue weighted by molar-refractivity contribution is 0.285. The molecule has 0 atom stereocenters. The van der Waals surface area contributed by atoms with Crippen molar-refractivity contribution in [2.45, 2.75) is 52.1 Å². The van der Waals surface area contributed by atoms with Crippen LogP contribution in [0, 0.1) is 11.6 Å². The number of pyridine rings is 1. The van der Waals surface area contributed by atoms with Gasteiger partial charge in [0.15, 0.2) is 17.4 Å². The molecule has 192 valence electrons. The Bertz CT molecular complexity index is 1250. The van der Waals surface area contributed by atoms with E-state index >= 15 is 0 Å². The summed E-state index contributed by atoms with van der Waals surface area (Å²) in [5, 5.41) is 0. The van der Waals surface area contributed by atoms with Gasteiger partial charge in [-0.1, -0.05) is 69.4 Å². The first-order valence-corrected chi connectivity index (χ1v) is 12.7. The van der Waals surface area contributed by atoms with Crippen LogP contribution >= 0.6 is 0 Å². The van der Waals surface area contributed by atoms with E-state index in [1.54, 1.807) is 18.6 Å². The second kappa shape index (κ2) is 13.4. The average molecular weight is 504 g/mol. The van der Waals surface area contributed by atoms with E-state index in [4.69, 9.17) is 9.47 Å². The summed E-state index contributed by atoms with van der Waals surface area (Å²) in [7, 11) is 0. The van der Waals surface area contributed by atoms with Crippen molar-refractivity contribution in [2.24, 2.45) is 0 Å². The van der Waals surface area contributed by atoms with Crippen LogP contribution < -0.4 is 9.47 Å². The highest BCUT2D eigenvalue weighted by Gasteiger charge is 2.18. The van der Waals surface area contributed by atoms with E-state index in [-0.39, 0.29) is 23.7 Å². The highest BCUT2D eigenvalue weighted by atomic mass is 19.2. The maximum atomic E-state index is 14.8. The first kappa shape index (κ1) is 26.2. The van der Waals surface area contributed by atoms with E-state index in [2.05, 4.69) is 21.9 Å². The first-order chi connectivity index (χ1) is 18.2. The maximum Gasteiger partial charge on any atom is 0.213 e. The summed E-state index contributed by atoms with van der Waals surface area (Å²) in [6.07, 6.45) is 12.0. The minimum absolute atomic E-state index is 0.0346. The quantitative estimate of drug-likeness (QED) is 0.174. The standard InChI is InChI=1S/C30H31F2N3O2/c1-2-3-4-5-6-10-17-36-27-16-13-23(18-33-27)24-19-34-30(35-20-24)25-14-15-26(29(32)28(25)31)37-21-22-11-8-7-9-12-22/h7-9,11-16,18-20H,2-6,10,17,21H2,1H3. The lowest BCUT2D eigenvalue weighted by atomic mass is 10.1. The summed E-state index contributed by atoms with van der Waals surface area (Å²) in [5.74, 6) is -1.62. The molecule has 4 rings (SSSR count). The van der Waals surface area contributed by atoms with E-state index in [1.165, 1.54) is 37.8 Å². The Morgan fingerprint density at radius 2 is 1.41 bits per heavy atom. The van der Waals surface area contributed by atoms with Gasteiger partial charge < -0.3 is 9.47 Å². The molecule has 0 bridgehead atoms. The van der Waals surface area contributed by atoms with Crippen LogP contribution in [0.15, 0.2) is 73.2 Å². The summed E-state index contributed by atoms with van der Waals surface area (Å²) < 4.78 is 40.6. The molecule has 4 aromatic rings. The minimum atomic E-state index is -1.07. The maximum absolute atomic E-state index is 14.8. The van der Waals surface area contributed by atoms with Gasteiger partial charge in [-0.2, -0.15) is 4.39 Å². The van der Waals surface area contributed by atoms with Gasteiger partial charge in [-0.3, -0.25) is 0 Å². The lowest BCUT2D eigenvalue weighted by Gasteiger charge is -2.10. The van der Waals surface area contributed by atoms with Gasteiger partial charge in [0.25, 0.3) is 0 Å². The number of hydrogen-bond donors (Lipinski definition) is 0. The first-order valence-electron chi connectivity index (χ1n) is 12.7. The van der Waals surface area contributed by atoms with Crippen LogP contribution in [0.25, 0.3) is 22.5 Å². The topological polar surface area (TPSA) is 57.1 Å². The van der Waals surface area contributed by atoms with Crippen LogP contribution in [-0.2, 0) is 6.61 Å². The van der Waals surface area contributed by atoms with Crippen molar-refractivity contribution < 1.29 is 18.3 Å². The fourth-order valence-electron chi connectivity index (χ4n) is 3.86. The Kier molecular flexibility index (Phi) is 9.52. The molecule has 0 spiro atoms. The normalized spacial score (nSPS) is 10.9. The van der Waals surface area contributed by atoms with Crippen LogP contribution in [0.1, 0.15) is 51.0 Å². The van der Waals surface area contributed by atoms with Gasteiger partial charge in [0.1, 0.15) is 6.61 Å². The summed E-state index contributed by atoms with van der Waals surface area (Å²) in [6, 6.07) is 15.8. The predicted molar refractivity (Wildman–Crippen MR) is 140 cm³/mol. The molecular weight excluding hydrogens is 472 g/mol. The lowest BCUT2D eigenvalue weighted by Crippen LogP contribution is -2.01. The largest absolute Gasteiger partial charge is 0.486 e. The summed E-state index contributed by atoms with van der Waals surface area (Å²) in [4.78, 5) is 12.8. The number of nitrogens with zero attached hydrogens (tertiary/aromatic N) is 3. The highest BCUT2D eigenvalue weighted by molar-refractivity contribution is 5.64. The molecule has 0 fully saturated rings. The zero-order valence-electron chi connectivity index (χ0n) is 21.0. The van der Waals surface area contributed by atoms with Crippen molar-refractivity contribution in [3.8, 4) is 34.1 Å². The number of rotatable bonds is 13. The smallest absolute Gasteiger partial charge is 0.213 e. The molecule has 5 nitrogen and oxygen atoms in total. The highest BCUT2D eigenvalue weighted by Crippen LogP contribution is 2.29. The Balaban J connectivity index is 1.34. The Morgan fingerprint density at radius 1 is 0.676 bits per heavy atom. The molecule has 0 saturated heterocycles. The van der Waals surface area contributed by atoms with Crippen molar-refractivity contribution in [3.05, 3.63) is 90.4 Å². The van der Waals surface area contributed by atoms with E-state index < -0.39 is 11.6 Å². The van der Waals surface area contributed by atoms with E-state index in [1.807, 2.05) is 42.5 Å². The Labute approximate surface area is 216 Å². The van der Waals surface area contributed by atoms with Crippen LogP contribution in [0.2, 0.25) is 0 Å². The van der Waals surface area contributed by atoms with Gasteiger partial charge >= 0.3 is 0 Å². The van der Waals surface area contributed by atoms with Crippen LogP contribution in [0.5, 0.6) is 11.6 Å². The molecule has 0 aliphatic rings. The Morgan fingerprint density at radius 3 is 2.14 bits per heavy atom. The SMILES string of the molecule is CCCCCCCCOc1ccc(-c2cnc(-c3ccc(OCc4ccccc4)c(F)c3F)nc2)cn1. The number of aromatic nitrogens is 3. The summed E-state index contributed by atoms with van der Waals surface area (Å²) in [6.45, 7) is 3.00. The third-order valence-corrected chi connectivity index (χ3v) is 5.99. The van der Waals surface area contributed by atoms with Gasteiger partial charge in [0.2, 0.25) is 11.7 Å². The van der Waals surface area contributed by atoms with Crippen molar-refractivity contribution in [1.82, 2.24) is 15.0 Å². The molecule has 0 aliphatic heterocycles. The molecule has 7 heteroatoms. The van der Waals surface area contributed by atoms with E-state index in [9.17, 15) is 8.78 Å². The number of hydrogen-bond acceptors (Lipinski definition) is 5. The second-order valence-corrected chi connectivity index (χ2v) is 8.81.